The van der Waals surface area contributed by atoms with Gasteiger partial charge in [0.1, 0.15) is 29.4 Å². The lowest BCUT2D eigenvalue weighted by Crippen LogP contribution is -2.56. The number of halogens is 2. The van der Waals surface area contributed by atoms with Gasteiger partial charge in [-0.05, 0) is 130 Å². The summed E-state index contributed by atoms with van der Waals surface area (Å²) >= 11 is 0. The number of hydrogen-bond acceptors (Lipinski definition) is 12. The summed E-state index contributed by atoms with van der Waals surface area (Å²) in [6.45, 7) is 1.38. The molecule has 326 valence electrons. The Labute approximate surface area is 354 Å². The van der Waals surface area contributed by atoms with E-state index in [1.807, 2.05) is 23.1 Å². The fourth-order valence-corrected chi connectivity index (χ4v) is 10.7. The van der Waals surface area contributed by atoms with Crippen LogP contribution in [0.5, 0.6) is 11.5 Å². The highest BCUT2D eigenvalue weighted by Gasteiger charge is 2.50. The minimum absolute atomic E-state index is 0.0693. The Morgan fingerprint density at radius 2 is 1.75 bits per heavy atom. The second kappa shape index (κ2) is 17.5. The van der Waals surface area contributed by atoms with E-state index in [1.165, 1.54) is 19.2 Å². The van der Waals surface area contributed by atoms with Crippen molar-refractivity contribution in [2.24, 2.45) is 10.4 Å². The third-order valence-corrected chi connectivity index (χ3v) is 14.9. The van der Waals surface area contributed by atoms with Gasteiger partial charge in [0.05, 0.1) is 30.4 Å². The Morgan fingerprint density at radius 1 is 1.00 bits per heavy atom. The molecule has 2 saturated carbocycles. The van der Waals surface area contributed by atoms with Gasteiger partial charge in [0.15, 0.2) is 17.8 Å². The van der Waals surface area contributed by atoms with Crippen LogP contribution in [-0.4, -0.2) is 108 Å². The number of aliphatic hydroxyl groups excluding tert-OH is 3. The number of nitrogens with one attached hydrogen (secondary N) is 3. The number of aliphatic hydroxyl groups is 3. The maximum absolute atomic E-state index is 15.4. The molecule has 0 aromatic heterocycles. The van der Waals surface area contributed by atoms with Crippen molar-refractivity contribution in [3.05, 3.63) is 76.9 Å². The molecule has 61 heavy (non-hydrogen) atoms. The molecule has 3 unspecified atom stereocenters. The van der Waals surface area contributed by atoms with Gasteiger partial charge < -0.3 is 40.5 Å². The molecule has 1 spiro atoms. The van der Waals surface area contributed by atoms with Crippen LogP contribution in [0.3, 0.4) is 0 Å². The van der Waals surface area contributed by atoms with Crippen LogP contribution >= 0.6 is 0 Å². The summed E-state index contributed by atoms with van der Waals surface area (Å²) < 4.78 is 64.9. The lowest BCUT2D eigenvalue weighted by Gasteiger charge is -2.56. The van der Waals surface area contributed by atoms with E-state index in [-0.39, 0.29) is 58.7 Å². The Balaban J connectivity index is 0.831. The molecule has 3 aromatic rings. The third kappa shape index (κ3) is 8.90. The number of rotatable bonds is 12. The molecule has 0 radical (unpaired) electrons. The Kier molecular flexibility index (Phi) is 12.2. The molecular formula is C43H52F2N8O7S. The number of benzene rings is 3. The van der Waals surface area contributed by atoms with E-state index in [9.17, 15) is 28.7 Å². The van der Waals surface area contributed by atoms with Crippen LogP contribution in [0.25, 0.3) is 0 Å². The van der Waals surface area contributed by atoms with E-state index in [4.69, 9.17) is 9.84 Å². The average Bonchev–Trinajstić information content (AvgIpc) is 3.23. The molecule has 5 aliphatic rings. The first kappa shape index (κ1) is 42.8. The van der Waals surface area contributed by atoms with E-state index in [2.05, 4.69) is 25.2 Å². The highest BCUT2D eigenvalue weighted by Crippen LogP contribution is 2.53. The molecule has 4 fully saturated rings. The topological polar surface area (TPSA) is 203 Å². The number of amides is 1. The van der Waals surface area contributed by atoms with Crippen LogP contribution in [-0.2, 0) is 15.0 Å². The molecule has 1 amide bonds. The van der Waals surface area contributed by atoms with E-state index >= 15 is 8.78 Å². The zero-order valence-corrected chi connectivity index (χ0v) is 34.8. The number of likely N-dealkylation sites (N-methyl/N-ethyl adjacent to an activating group) is 1. The molecular weight excluding hydrogens is 811 g/mol. The van der Waals surface area contributed by atoms with Crippen molar-refractivity contribution in [2.45, 2.75) is 101 Å². The van der Waals surface area contributed by atoms with Crippen LogP contribution in [0.1, 0.15) is 93.0 Å². The van der Waals surface area contributed by atoms with Gasteiger partial charge in [0.25, 0.3) is 0 Å². The highest BCUT2D eigenvalue weighted by molar-refractivity contribution is 7.90. The molecule has 3 aromatic carbocycles. The first-order valence-corrected chi connectivity index (χ1v) is 22.4. The first-order valence-electron chi connectivity index (χ1n) is 20.9. The number of ether oxygens (including phenoxy) is 1. The van der Waals surface area contributed by atoms with Gasteiger partial charge in [-0.2, -0.15) is 18.0 Å². The number of aliphatic imine (C=N–C) groups is 1. The van der Waals surface area contributed by atoms with Crippen molar-refractivity contribution in [3.63, 3.8) is 0 Å². The van der Waals surface area contributed by atoms with Crippen molar-refractivity contribution >= 4 is 39.5 Å². The van der Waals surface area contributed by atoms with Crippen molar-refractivity contribution in [3.8, 4) is 17.6 Å². The average molecular weight is 863 g/mol. The number of nitriles is 1. The second-order valence-corrected chi connectivity index (χ2v) is 18.9. The summed E-state index contributed by atoms with van der Waals surface area (Å²) in [5.74, 6) is -1.53. The van der Waals surface area contributed by atoms with E-state index < -0.39 is 40.8 Å². The van der Waals surface area contributed by atoms with E-state index in [1.54, 1.807) is 18.5 Å². The molecule has 3 heterocycles. The number of fused-ring (bicyclic) bond motifs is 1. The van der Waals surface area contributed by atoms with Crippen LogP contribution in [0.4, 0.5) is 25.8 Å². The smallest absolute Gasteiger partial charge is 0.301 e. The molecule has 2 aliphatic carbocycles. The number of carbonyl (C=O) groups is 1. The predicted octanol–water partition coefficient (Wildman–Crippen LogP) is 5.16. The lowest BCUT2D eigenvalue weighted by molar-refractivity contribution is -0.126. The molecule has 8 rings (SSSR count). The highest BCUT2D eigenvalue weighted by atomic mass is 32.2. The van der Waals surface area contributed by atoms with Crippen molar-refractivity contribution < 1.29 is 42.0 Å². The Morgan fingerprint density at radius 3 is 2.44 bits per heavy atom. The molecule has 2 saturated heterocycles. The van der Waals surface area contributed by atoms with Crippen LogP contribution in [0, 0.1) is 28.4 Å². The minimum atomic E-state index is -4.16. The summed E-state index contributed by atoms with van der Waals surface area (Å²) in [6, 6.07) is 14.0. The van der Waals surface area contributed by atoms with E-state index in [0.29, 0.717) is 35.8 Å². The van der Waals surface area contributed by atoms with E-state index in [0.717, 1.165) is 86.5 Å². The number of likely N-dealkylation sites (tertiary alicyclic amines) is 1. The third-order valence-electron chi connectivity index (χ3n) is 13.4. The summed E-state index contributed by atoms with van der Waals surface area (Å²) in [5.41, 5.74) is 1.90. The number of nitrogens with zero attached hydrogens (tertiary/aromatic N) is 5. The van der Waals surface area contributed by atoms with Gasteiger partial charge in [-0.3, -0.25) is 9.52 Å². The minimum Gasteiger partial charge on any atom is -0.453 e. The molecule has 6 N–H and O–H groups in total. The standard InChI is InChI=1S/C43H52F2N8O7S/c1-51(18-19-54)61(58,59)50-37-11-9-34(44)40(33(37)24-46)60-30-7-10-36-32(21-30)42(57)53(25-47-36)29-22-43(23-29)14-16-52(17-15-43)28-5-2-26(3-6-28)31-8-4-27(20-35(31)45)48-38-12-13-39(55)49-41(38)56/h4,7-11,20-21,25-26,28-29,38,41-42,48,50,54,56-57H,2-3,5-6,12-19,22-23H2,1H3,(H,49,55). The first-order chi connectivity index (χ1) is 29.3. The number of anilines is 2. The quantitative estimate of drug-likeness (QED) is 0.141. The second-order valence-electron chi connectivity index (χ2n) is 17.1. The van der Waals surface area contributed by atoms with Crippen LogP contribution < -0.4 is 20.1 Å². The van der Waals surface area contributed by atoms with Gasteiger partial charge >= 0.3 is 10.2 Å². The fourth-order valence-electron chi connectivity index (χ4n) is 9.79. The summed E-state index contributed by atoms with van der Waals surface area (Å²) in [7, 11) is -2.91. The summed E-state index contributed by atoms with van der Waals surface area (Å²) in [6.07, 6.45) is 8.19. The van der Waals surface area contributed by atoms with Gasteiger partial charge in [0.2, 0.25) is 5.91 Å². The molecule has 0 bridgehead atoms. The Hall–Kier alpha value is -4.90. The van der Waals surface area contributed by atoms with Crippen molar-refractivity contribution in [1.82, 2.24) is 19.4 Å². The number of piperidine rings is 2. The van der Waals surface area contributed by atoms with Gasteiger partial charge in [-0.1, -0.05) is 6.07 Å². The maximum Gasteiger partial charge on any atom is 0.301 e. The summed E-state index contributed by atoms with van der Waals surface area (Å²) in [5, 5.41) is 46.5. The normalized spacial score (nSPS) is 25.4. The van der Waals surface area contributed by atoms with Crippen LogP contribution in [0.15, 0.2) is 53.5 Å². The largest absolute Gasteiger partial charge is 0.453 e. The SMILES string of the molecule is CN(CCO)S(=O)(=O)Nc1ccc(F)c(Oc2ccc3c(c2)C(O)N(C2CC4(CCN(C5CCC(c6ccc(NC7CCC(=O)NC7O)cc6F)CC5)CC4)C2)C=N3)c1C#N. The molecule has 3 atom stereocenters. The van der Waals surface area contributed by atoms with Gasteiger partial charge in [0, 0.05) is 43.3 Å². The number of carbonyl (C=O) groups excluding carboxylic acids is 1. The van der Waals surface area contributed by atoms with Crippen molar-refractivity contribution in [2.75, 3.05) is 43.3 Å². The maximum atomic E-state index is 15.4. The van der Waals surface area contributed by atoms with Crippen molar-refractivity contribution in [1.29, 1.82) is 5.26 Å². The number of hydrogen-bond donors (Lipinski definition) is 6. The zero-order valence-electron chi connectivity index (χ0n) is 33.9. The van der Waals surface area contributed by atoms with Gasteiger partial charge in [-0.25, -0.2) is 13.8 Å². The molecule has 3 aliphatic heterocycles. The lowest BCUT2D eigenvalue weighted by atomic mass is 9.59. The Bertz CT molecular complexity index is 2310. The monoisotopic (exact) mass is 862 g/mol. The molecule has 18 heteroatoms. The van der Waals surface area contributed by atoms with Crippen LogP contribution in [0.2, 0.25) is 0 Å². The fraction of sp³-hybridized carbons (Fsp3) is 0.512. The predicted molar refractivity (Wildman–Crippen MR) is 223 cm³/mol. The summed E-state index contributed by atoms with van der Waals surface area (Å²) in [4.78, 5) is 20.6. The zero-order chi connectivity index (χ0) is 43.1. The molecule has 15 nitrogen and oxygen atoms in total. The van der Waals surface area contributed by atoms with Gasteiger partial charge in [-0.15, -0.1) is 0 Å².